The zero-order chi connectivity index (χ0) is 13.4. The number of fused-ring (bicyclic) bond motifs is 1. The van der Waals surface area contributed by atoms with Gasteiger partial charge >= 0.3 is 0 Å². The van der Waals surface area contributed by atoms with Gasteiger partial charge in [0.15, 0.2) is 0 Å². The minimum absolute atomic E-state index is 0.235. The molecule has 2 nitrogen and oxygen atoms in total. The summed E-state index contributed by atoms with van der Waals surface area (Å²) < 4.78 is 14.9. The molecule has 1 N–H and O–H groups in total. The van der Waals surface area contributed by atoms with Gasteiger partial charge in [0.05, 0.1) is 4.90 Å². The van der Waals surface area contributed by atoms with E-state index in [0.29, 0.717) is 4.90 Å². The number of H-pyrrole nitrogens is 1. The highest BCUT2D eigenvalue weighted by Gasteiger charge is 2.13. The van der Waals surface area contributed by atoms with Crippen LogP contribution in [0.25, 0.3) is 10.9 Å². The average molecular weight is 337 g/mol. The molecule has 0 aliphatic rings. The number of nitrogens with one attached hydrogen (secondary N) is 1. The lowest BCUT2D eigenvalue weighted by atomic mass is 10.2. The second kappa shape index (κ2) is 4.98. The van der Waals surface area contributed by atoms with E-state index >= 15 is 0 Å². The van der Waals surface area contributed by atoms with Crippen LogP contribution < -0.4 is 0 Å². The predicted molar refractivity (Wildman–Crippen MR) is 79.1 cm³/mol. The van der Waals surface area contributed by atoms with E-state index in [-0.39, 0.29) is 5.82 Å². The topological polar surface area (TPSA) is 28.7 Å². The summed E-state index contributed by atoms with van der Waals surface area (Å²) in [6, 6.07) is 7.28. The Morgan fingerprint density at radius 2 is 2.16 bits per heavy atom. The molecule has 0 spiro atoms. The van der Waals surface area contributed by atoms with Crippen molar-refractivity contribution in [1.82, 2.24) is 9.97 Å². The third-order valence-corrected chi connectivity index (χ3v) is 4.97. The molecule has 0 aliphatic carbocycles. The summed E-state index contributed by atoms with van der Waals surface area (Å²) in [5, 5.41) is 0.981. The van der Waals surface area contributed by atoms with Crippen molar-refractivity contribution in [1.29, 1.82) is 0 Å². The monoisotopic (exact) mass is 336 g/mol. The van der Waals surface area contributed by atoms with Crippen molar-refractivity contribution in [3.05, 3.63) is 52.6 Å². The third kappa shape index (κ3) is 2.40. The van der Waals surface area contributed by atoms with Crippen LogP contribution in [-0.4, -0.2) is 9.97 Å². The quantitative estimate of drug-likeness (QED) is 0.719. The fourth-order valence-corrected chi connectivity index (χ4v) is 3.64. The lowest BCUT2D eigenvalue weighted by Crippen LogP contribution is -1.86. The summed E-state index contributed by atoms with van der Waals surface area (Å²) in [6.45, 7) is 1.92. The van der Waals surface area contributed by atoms with E-state index in [1.807, 2.05) is 25.1 Å². The molecule has 3 rings (SSSR count). The van der Waals surface area contributed by atoms with E-state index in [1.165, 1.54) is 17.8 Å². The van der Waals surface area contributed by atoms with Crippen molar-refractivity contribution < 1.29 is 4.39 Å². The van der Waals surface area contributed by atoms with E-state index in [9.17, 15) is 4.39 Å². The SMILES string of the molecule is Cc1cc(Sc2c(F)cc3[nH]ccc3c2Br)ccn1. The lowest BCUT2D eigenvalue weighted by molar-refractivity contribution is 0.602. The first-order chi connectivity index (χ1) is 9.15. The number of halogens is 2. The Hall–Kier alpha value is -1.33. The number of nitrogens with zero attached hydrogens (tertiary/aromatic N) is 1. The van der Waals surface area contributed by atoms with Gasteiger partial charge in [-0.1, -0.05) is 11.8 Å². The van der Waals surface area contributed by atoms with Gasteiger partial charge in [0.2, 0.25) is 0 Å². The molecule has 0 radical (unpaired) electrons. The third-order valence-electron chi connectivity index (χ3n) is 2.79. The summed E-state index contributed by atoms with van der Waals surface area (Å²) in [5.74, 6) is -0.235. The molecule has 2 heterocycles. The Kier molecular flexibility index (Phi) is 3.33. The molecule has 0 fully saturated rings. The smallest absolute Gasteiger partial charge is 0.140 e. The number of aromatic nitrogens is 2. The number of aromatic amines is 1. The summed E-state index contributed by atoms with van der Waals surface area (Å²) in [6.07, 6.45) is 3.54. The standard InChI is InChI=1S/C14H10BrFN2S/c1-8-6-9(2-4-17-8)19-14-11(16)7-12-10(13(14)15)3-5-18-12/h2-7,18H,1H3. The molecule has 96 valence electrons. The van der Waals surface area contributed by atoms with Gasteiger partial charge in [0, 0.05) is 38.4 Å². The highest BCUT2D eigenvalue weighted by molar-refractivity contribution is 9.10. The maximum absolute atomic E-state index is 14.2. The number of aryl methyl sites for hydroxylation is 1. The van der Waals surface area contributed by atoms with Crippen LogP contribution in [0.4, 0.5) is 4.39 Å². The summed E-state index contributed by atoms with van der Waals surface area (Å²) in [5.41, 5.74) is 1.71. The highest BCUT2D eigenvalue weighted by atomic mass is 79.9. The molecular formula is C14H10BrFN2S. The molecule has 0 saturated carbocycles. The van der Waals surface area contributed by atoms with E-state index in [2.05, 4.69) is 25.9 Å². The zero-order valence-electron chi connectivity index (χ0n) is 10.1. The first-order valence-corrected chi connectivity index (χ1v) is 7.31. The maximum Gasteiger partial charge on any atom is 0.140 e. The van der Waals surface area contributed by atoms with Gasteiger partial charge in [0.1, 0.15) is 5.82 Å². The molecule has 1 aromatic carbocycles. The molecule has 2 aromatic heterocycles. The largest absolute Gasteiger partial charge is 0.361 e. The van der Waals surface area contributed by atoms with Crippen LogP contribution >= 0.6 is 27.7 Å². The van der Waals surface area contributed by atoms with Crippen LogP contribution in [-0.2, 0) is 0 Å². The fourth-order valence-electron chi connectivity index (χ4n) is 1.91. The van der Waals surface area contributed by atoms with Gasteiger partial charge in [-0.15, -0.1) is 0 Å². The summed E-state index contributed by atoms with van der Waals surface area (Å²) in [4.78, 5) is 8.73. The number of pyridine rings is 1. The first kappa shape index (κ1) is 12.7. The molecule has 0 atom stereocenters. The van der Waals surface area contributed by atoms with Crippen LogP contribution in [0, 0.1) is 12.7 Å². The van der Waals surface area contributed by atoms with Gasteiger partial charge in [-0.05, 0) is 47.1 Å². The van der Waals surface area contributed by atoms with Crippen molar-refractivity contribution in [3.8, 4) is 0 Å². The molecule has 0 amide bonds. The van der Waals surface area contributed by atoms with E-state index in [1.54, 1.807) is 12.4 Å². The first-order valence-electron chi connectivity index (χ1n) is 5.71. The Balaban J connectivity index is 2.09. The molecule has 19 heavy (non-hydrogen) atoms. The highest BCUT2D eigenvalue weighted by Crippen LogP contribution is 2.39. The number of benzene rings is 1. The predicted octanol–water partition coefficient (Wildman–Crippen LogP) is 4.92. The second-order valence-electron chi connectivity index (χ2n) is 4.18. The van der Waals surface area contributed by atoms with Crippen LogP contribution in [0.1, 0.15) is 5.69 Å². The average Bonchev–Trinajstić information content (AvgIpc) is 2.83. The molecule has 5 heteroatoms. The van der Waals surface area contributed by atoms with Crippen LogP contribution in [0.2, 0.25) is 0 Å². The van der Waals surface area contributed by atoms with Crippen molar-refractivity contribution in [2.75, 3.05) is 0 Å². The zero-order valence-corrected chi connectivity index (χ0v) is 12.5. The fraction of sp³-hybridized carbons (Fsp3) is 0.0714. The van der Waals surface area contributed by atoms with Gasteiger partial charge < -0.3 is 4.98 Å². The van der Waals surface area contributed by atoms with Crippen molar-refractivity contribution >= 4 is 38.6 Å². The van der Waals surface area contributed by atoms with E-state index in [0.717, 1.165) is 26.0 Å². The van der Waals surface area contributed by atoms with Gasteiger partial charge in [-0.25, -0.2) is 4.39 Å². The summed E-state index contributed by atoms with van der Waals surface area (Å²) >= 11 is 4.89. The summed E-state index contributed by atoms with van der Waals surface area (Å²) in [7, 11) is 0. The Morgan fingerprint density at radius 1 is 1.32 bits per heavy atom. The van der Waals surface area contributed by atoms with Crippen molar-refractivity contribution in [3.63, 3.8) is 0 Å². The number of hydrogen-bond acceptors (Lipinski definition) is 2. The van der Waals surface area contributed by atoms with Crippen molar-refractivity contribution in [2.24, 2.45) is 0 Å². The normalized spacial score (nSPS) is 11.1. The van der Waals surface area contributed by atoms with E-state index in [4.69, 9.17) is 0 Å². The Labute approximate surface area is 122 Å². The minimum atomic E-state index is -0.235. The molecule has 3 aromatic rings. The maximum atomic E-state index is 14.2. The number of hydrogen-bond donors (Lipinski definition) is 1. The molecular weight excluding hydrogens is 327 g/mol. The Morgan fingerprint density at radius 3 is 2.95 bits per heavy atom. The van der Waals surface area contributed by atoms with Crippen LogP contribution in [0.5, 0.6) is 0 Å². The molecule has 0 saturated heterocycles. The van der Waals surface area contributed by atoms with Crippen LogP contribution in [0.15, 0.2) is 50.9 Å². The van der Waals surface area contributed by atoms with Gasteiger partial charge in [0.25, 0.3) is 0 Å². The van der Waals surface area contributed by atoms with Crippen LogP contribution in [0.3, 0.4) is 0 Å². The molecule has 0 unspecified atom stereocenters. The van der Waals surface area contributed by atoms with Gasteiger partial charge in [-0.3, -0.25) is 4.98 Å². The molecule has 0 bridgehead atoms. The van der Waals surface area contributed by atoms with Gasteiger partial charge in [-0.2, -0.15) is 0 Å². The Bertz CT molecular complexity index is 754. The van der Waals surface area contributed by atoms with Crippen molar-refractivity contribution in [2.45, 2.75) is 16.7 Å². The second-order valence-corrected chi connectivity index (χ2v) is 6.05. The molecule has 0 aliphatic heterocycles. The number of rotatable bonds is 2. The minimum Gasteiger partial charge on any atom is -0.361 e. The lowest BCUT2D eigenvalue weighted by Gasteiger charge is -2.07. The van der Waals surface area contributed by atoms with E-state index < -0.39 is 0 Å².